The standard InChI is InChI=1S/C25H22FN5O2.C2H6/c1-4-33-23-10-17(5-6-21(23)18-7-16(11-27)8-20(26)9-18)25(32)31(3)14-19-12-28-15(2)22-13-29-30-24(19)22;1-2/h5-10,12-13H,4,14H2,1-3H3,(H,29,30);1-2H3. The van der Waals surface area contributed by atoms with Gasteiger partial charge in [-0.05, 0) is 55.8 Å². The summed E-state index contributed by atoms with van der Waals surface area (Å²) in [6.45, 7) is 8.45. The fourth-order valence-corrected chi connectivity index (χ4v) is 3.76. The number of benzene rings is 2. The number of carbonyl (C=O) groups is 1. The SMILES string of the molecule is CC.CCOc1cc(C(=O)N(C)Cc2cnc(C)c3cn[nH]c23)ccc1-c1cc(F)cc(C#N)c1. The highest BCUT2D eigenvalue weighted by Crippen LogP contribution is 2.33. The molecule has 35 heavy (non-hydrogen) atoms. The molecular formula is C27H28FN5O2. The number of aryl methyl sites for hydroxylation is 1. The Kier molecular flexibility index (Phi) is 8.16. The molecule has 1 N–H and O–H groups in total. The van der Waals surface area contributed by atoms with Crippen LogP contribution >= 0.6 is 0 Å². The number of fused-ring (bicyclic) bond motifs is 1. The average Bonchev–Trinajstić information content (AvgIpc) is 3.37. The van der Waals surface area contributed by atoms with E-state index in [-0.39, 0.29) is 11.5 Å². The van der Waals surface area contributed by atoms with E-state index in [4.69, 9.17) is 10.00 Å². The minimum absolute atomic E-state index is 0.201. The Morgan fingerprint density at radius 2 is 1.97 bits per heavy atom. The third kappa shape index (κ3) is 5.46. The van der Waals surface area contributed by atoms with E-state index in [9.17, 15) is 9.18 Å². The Morgan fingerprint density at radius 1 is 1.20 bits per heavy atom. The van der Waals surface area contributed by atoms with Crippen LogP contribution in [0.3, 0.4) is 0 Å². The molecule has 0 aliphatic heterocycles. The van der Waals surface area contributed by atoms with Gasteiger partial charge >= 0.3 is 0 Å². The molecule has 8 heteroatoms. The second-order valence-electron chi connectivity index (χ2n) is 7.67. The first-order chi connectivity index (χ1) is 16.9. The van der Waals surface area contributed by atoms with Crippen LogP contribution in [0.5, 0.6) is 5.75 Å². The zero-order valence-corrected chi connectivity index (χ0v) is 20.5. The molecule has 4 aromatic rings. The average molecular weight is 474 g/mol. The minimum Gasteiger partial charge on any atom is -0.493 e. The third-order valence-electron chi connectivity index (χ3n) is 5.38. The van der Waals surface area contributed by atoms with E-state index in [0.717, 1.165) is 22.2 Å². The second-order valence-corrected chi connectivity index (χ2v) is 7.67. The highest BCUT2D eigenvalue weighted by Gasteiger charge is 2.18. The van der Waals surface area contributed by atoms with Crippen molar-refractivity contribution in [1.82, 2.24) is 20.1 Å². The molecule has 2 aromatic heterocycles. The maximum Gasteiger partial charge on any atom is 0.254 e. The number of amides is 1. The molecule has 1 amide bonds. The molecule has 0 radical (unpaired) electrons. The number of aromatic amines is 1. The summed E-state index contributed by atoms with van der Waals surface area (Å²) < 4.78 is 19.7. The summed E-state index contributed by atoms with van der Waals surface area (Å²) in [5.74, 6) is -0.268. The fourth-order valence-electron chi connectivity index (χ4n) is 3.76. The van der Waals surface area contributed by atoms with Crippen LogP contribution in [0.25, 0.3) is 22.0 Å². The van der Waals surface area contributed by atoms with Gasteiger partial charge in [-0.2, -0.15) is 10.4 Å². The number of nitrogens with zero attached hydrogens (tertiary/aromatic N) is 4. The van der Waals surface area contributed by atoms with E-state index in [1.54, 1.807) is 48.6 Å². The van der Waals surface area contributed by atoms with Crippen LogP contribution in [0.1, 0.15) is 48.0 Å². The van der Waals surface area contributed by atoms with Crippen molar-refractivity contribution in [2.75, 3.05) is 13.7 Å². The molecule has 0 saturated carbocycles. The number of halogens is 1. The van der Waals surface area contributed by atoms with Crippen LogP contribution in [0.4, 0.5) is 4.39 Å². The van der Waals surface area contributed by atoms with Gasteiger partial charge in [0.1, 0.15) is 11.6 Å². The number of nitrogens with one attached hydrogen (secondary N) is 1. The summed E-state index contributed by atoms with van der Waals surface area (Å²) in [5, 5.41) is 17.2. The normalized spacial score (nSPS) is 10.3. The minimum atomic E-state index is -0.511. The van der Waals surface area contributed by atoms with Crippen molar-refractivity contribution in [2.24, 2.45) is 0 Å². The van der Waals surface area contributed by atoms with Gasteiger partial charge in [-0.3, -0.25) is 14.9 Å². The molecule has 0 atom stereocenters. The van der Waals surface area contributed by atoms with Crippen LogP contribution in [0.15, 0.2) is 48.8 Å². The lowest BCUT2D eigenvalue weighted by molar-refractivity contribution is 0.0785. The largest absolute Gasteiger partial charge is 0.493 e. The predicted molar refractivity (Wildman–Crippen MR) is 133 cm³/mol. The van der Waals surface area contributed by atoms with Gasteiger partial charge in [-0.1, -0.05) is 13.8 Å². The summed E-state index contributed by atoms with van der Waals surface area (Å²) in [6, 6.07) is 11.1. The molecule has 0 fully saturated rings. The molecule has 0 spiro atoms. The van der Waals surface area contributed by atoms with Crippen LogP contribution in [-0.4, -0.2) is 39.6 Å². The lowest BCUT2D eigenvalue weighted by Gasteiger charge is -2.19. The summed E-state index contributed by atoms with van der Waals surface area (Å²) in [4.78, 5) is 19.2. The summed E-state index contributed by atoms with van der Waals surface area (Å²) in [5.41, 5.74) is 4.34. The van der Waals surface area contributed by atoms with Gasteiger partial charge in [0.05, 0.1) is 30.0 Å². The van der Waals surface area contributed by atoms with Crippen molar-refractivity contribution >= 4 is 16.8 Å². The van der Waals surface area contributed by atoms with Gasteiger partial charge in [0.15, 0.2) is 0 Å². The Balaban J connectivity index is 0.00000167. The first-order valence-corrected chi connectivity index (χ1v) is 11.4. The number of hydrogen-bond donors (Lipinski definition) is 1. The molecule has 2 heterocycles. The van der Waals surface area contributed by atoms with Gasteiger partial charge in [0.25, 0.3) is 5.91 Å². The molecule has 7 nitrogen and oxygen atoms in total. The molecular weight excluding hydrogens is 445 g/mol. The van der Waals surface area contributed by atoms with Crippen molar-refractivity contribution in [1.29, 1.82) is 5.26 Å². The van der Waals surface area contributed by atoms with E-state index >= 15 is 0 Å². The lowest BCUT2D eigenvalue weighted by atomic mass is 10.00. The zero-order chi connectivity index (χ0) is 25.5. The molecule has 0 bridgehead atoms. The lowest BCUT2D eigenvalue weighted by Crippen LogP contribution is -2.26. The molecule has 0 unspecified atom stereocenters. The van der Waals surface area contributed by atoms with Gasteiger partial charge in [-0.25, -0.2) is 4.39 Å². The molecule has 0 aliphatic carbocycles. The van der Waals surface area contributed by atoms with Gasteiger partial charge in [0.2, 0.25) is 0 Å². The quantitative estimate of drug-likeness (QED) is 0.391. The van der Waals surface area contributed by atoms with E-state index in [2.05, 4.69) is 15.2 Å². The number of aromatic nitrogens is 3. The summed E-state index contributed by atoms with van der Waals surface area (Å²) >= 11 is 0. The van der Waals surface area contributed by atoms with Crippen LogP contribution in [0, 0.1) is 24.1 Å². The monoisotopic (exact) mass is 473 g/mol. The summed E-state index contributed by atoms with van der Waals surface area (Å²) in [6.07, 6.45) is 3.46. The van der Waals surface area contributed by atoms with Crippen molar-refractivity contribution in [3.8, 4) is 22.9 Å². The van der Waals surface area contributed by atoms with Crippen molar-refractivity contribution in [3.05, 3.63) is 77.0 Å². The van der Waals surface area contributed by atoms with Gasteiger partial charge in [0, 0.05) is 47.6 Å². The second kappa shape index (κ2) is 11.3. The Bertz CT molecular complexity index is 1390. The van der Waals surface area contributed by atoms with Crippen molar-refractivity contribution in [3.63, 3.8) is 0 Å². The maximum atomic E-state index is 14.0. The number of ether oxygens (including phenoxy) is 1. The van der Waals surface area contributed by atoms with E-state index in [1.807, 2.05) is 33.8 Å². The zero-order valence-electron chi connectivity index (χ0n) is 20.5. The molecule has 180 valence electrons. The fraction of sp³-hybridized carbons (Fsp3) is 0.259. The smallest absolute Gasteiger partial charge is 0.254 e. The van der Waals surface area contributed by atoms with Gasteiger partial charge < -0.3 is 9.64 Å². The van der Waals surface area contributed by atoms with Crippen LogP contribution in [0.2, 0.25) is 0 Å². The Labute approximate surface area is 204 Å². The Hall–Kier alpha value is -4.25. The number of nitriles is 1. The number of pyridine rings is 1. The van der Waals surface area contributed by atoms with Crippen molar-refractivity contribution < 1.29 is 13.9 Å². The maximum absolute atomic E-state index is 14.0. The predicted octanol–water partition coefficient (Wildman–Crippen LogP) is 5.64. The molecule has 0 aliphatic rings. The number of carbonyl (C=O) groups excluding carboxylic acids is 1. The highest BCUT2D eigenvalue weighted by atomic mass is 19.1. The van der Waals surface area contributed by atoms with Gasteiger partial charge in [-0.15, -0.1) is 0 Å². The van der Waals surface area contributed by atoms with Crippen molar-refractivity contribution in [2.45, 2.75) is 34.2 Å². The highest BCUT2D eigenvalue weighted by molar-refractivity contribution is 5.96. The first kappa shape index (κ1) is 25.4. The van der Waals surface area contributed by atoms with Crippen LogP contribution in [-0.2, 0) is 6.54 Å². The van der Waals surface area contributed by atoms with Crippen LogP contribution < -0.4 is 4.74 Å². The number of hydrogen-bond acceptors (Lipinski definition) is 5. The van der Waals surface area contributed by atoms with E-state index in [0.29, 0.717) is 35.6 Å². The first-order valence-electron chi connectivity index (χ1n) is 11.4. The van der Waals surface area contributed by atoms with E-state index in [1.165, 1.54) is 12.1 Å². The molecule has 4 rings (SSSR count). The third-order valence-corrected chi connectivity index (χ3v) is 5.38. The van der Waals surface area contributed by atoms with E-state index < -0.39 is 5.82 Å². The molecule has 2 aromatic carbocycles. The Morgan fingerprint density at radius 3 is 2.69 bits per heavy atom. The molecule has 0 saturated heterocycles. The summed E-state index contributed by atoms with van der Waals surface area (Å²) in [7, 11) is 1.71. The number of H-pyrrole nitrogens is 1. The topological polar surface area (TPSA) is 94.9 Å². The number of rotatable bonds is 6.